The molecule has 5 nitrogen and oxygen atoms in total. The third kappa shape index (κ3) is 3.51. The minimum absolute atomic E-state index is 0.755. The van der Waals surface area contributed by atoms with Crippen LogP contribution in [0.15, 0.2) is 35.7 Å². The molecule has 0 aliphatic carbocycles. The SMILES string of the molecule is c1cn(CCCCNCc2cnco2)cn1. The fraction of sp³-hybridized carbons (Fsp3) is 0.455. The van der Waals surface area contributed by atoms with Gasteiger partial charge in [0.2, 0.25) is 0 Å². The van der Waals surface area contributed by atoms with Gasteiger partial charge in [0.1, 0.15) is 5.76 Å². The number of aryl methyl sites for hydroxylation is 1. The Morgan fingerprint density at radius 2 is 2.31 bits per heavy atom. The number of nitrogens with zero attached hydrogens (tertiary/aromatic N) is 3. The number of nitrogens with one attached hydrogen (secondary N) is 1. The van der Waals surface area contributed by atoms with E-state index in [0.29, 0.717) is 0 Å². The zero-order valence-corrected chi connectivity index (χ0v) is 9.17. The van der Waals surface area contributed by atoms with Gasteiger partial charge in [-0.05, 0) is 19.4 Å². The molecule has 0 atom stereocenters. The molecule has 0 bridgehead atoms. The molecule has 16 heavy (non-hydrogen) atoms. The fourth-order valence-corrected chi connectivity index (χ4v) is 1.50. The van der Waals surface area contributed by atoms with Crippen LogP contribution >= 0.6 is 0 Å². The van der Waals surface area contributed by atoms with Crippen LogP contribution in [-0.2, 0) is 13.1 Å². The van der Waals surface area contributed by atoms with Gasteiger partial charge in [0.05, 0.1) is 19.1 Å². The van der Waals surface area contributed by atoms with Gasteiger partial charge < -0.3 is 14.3 Å². The Labute approximate surface area is 94.5 Å². The van der Waals surface area contributed by atoms with E-state index in [9.17, 15) is 0 Å². The molecule has 2 heterocycles. The van der Waals surface area contributed by atoms with Gasteiger partial charge in [0, 0.05) is 18.9 Å². The van der Waals surface area contributed by atoms with E-state index in [2.05, 4.69) is 19.9 Å². The van der Waals surface area contributed by atoms with Gasteiger partial charge >= 0.3 is 0 Å². The van der Waals surface area contributed by atoms with Crippen molar-refractivity contribution in [2.45, 2.75) is 25.9 Å². The molecule has 0 spiro atoms. The summed E-state index contributed by atoms with van der Waals surface area (Å²) in [5, 5.41) is 3.31. The van der Waals surface area contributed by atoms with E-state index in [1.54, 1.807) is 6.20 Å². The highest BCUT2D eigenvalue weighted by Gasteiger charge is 1.95. The summed E-state index contributed by atoms with van der Waals surface area (Å²) >= 11 is 0. The number of rotatable bonds is 7. The molecule has 1 N–H and O–H groups in total. The molecule has 5 heteroatoms. The molecular formula is C11H16N4O. The standard InChI is InChI=1S/C11H16N4O/c1(2-5-15-6-4-13-9-15)3-12-7-11-8-14-10-16-11/h4,6,8-10,12H,1-3,5,7H2. The van der Waals surface area contributed by atoms with E-state index >= 15 is 0 Å². The second-order valence-electron chi connectivity index (χ2n) is 3.65. The van der Waals surface area contributed by atoms with Crippen molar-refractivity contribution in [2.75, 3.05) is 6.54 Å². The summed E-state index contributed by atoms with van der Waals surface area (Å²) in [4.78, 5) is 7.85. The molecule has 0 aliphatic rings. The van der Waals surface area contributed by atoms with Gasteiger partial charge in [-0.15, -0.1) is 0 Å². The summed E-state index contributed by atoms with van der Waals surface area (Å²) in [6, 6.07) is 0. The van der Waals surface area contributed by atoms with Crippen LogP contribution < -0.4 is 5.32 Å². The van der Waals surface area contributed by atoms with Crippen molar-refractivity contribution in [1.29, 1.82) is 0 Å². The first-order valence-corrected chi connectivity index (χ1v) is 5.49. The zero-order valence-electron chi connectivity index (χ0n) is 9.17. The highest BCUT2D eigenvalue weighted by molar-refractivity contribution is 4.86. The lowest BCUT2D eigenvalue weighted by molar-refractivity contribution is 0.472. The van der Waals surface area contributed by atoms with Crippen LogP contribution in [0.25, 0.3) is 0 Å². The van der Waals surface area contributed by atoms with Crippen molar-refractivity contribution in [3.05, 3.63) is 37.1 Å². The Bertz CT molecular complexity index is 330. The lowest BCUT2D eigenvalue weighted by atomic mass is 10.3. The maximum absolute atomic E-state index is 5.11. The van der Waals surface area contributed by atoms with E-state index < -0.39 is 0 Å². The van der Waals surface area contributed by atoms with Gasteiger partial charge in [-0.2, -0.15) is 0 Å². The van der Waals surface area contributed by atoms with E-state index in [4.69, 9.17) is 4.42 Å². The quantitative estimate of drug-likeness (QED) is 0.717. The molecule has 86 valence electrons. The van der Waals surface area contributed by atoms with E-state index in [1.807, 2.05) is 18.7 Å². The van der Waals surface area contributed by atoms with Crippen molar-refractivity contribution in [2.24, 2.45) is 0 Å². The summed E-state index contributed by atoms with van der Waals surface area (Å²) < 4.78 is 7.21. The van der Waals surface area contributed by atoms with Gasteiger partial charge in [-0.3, -0.25) is 0 Å². The minimum atomic E-state index is 0.755. The average molecular weight is 220 g/mol. The lowest BCUT2D eigenvalue weighted by Gasteiger charge is -2.03. The van der Waals surface area contributed by atoms with Gasteiger partial charge in [0.25, 0.3) is 0 Å². The average Bonchev–Trinajstić information content (AvgIpc) is 2.96. The molecular weight excluding hydrogens is 204 g/mol. The molecule has 0 aliphatic heterocycles. The second kappa shape index (κ2) is 6.07. The molecule has 2 aromatic rings. The van der Waals surface area contributed by atoms with Crippen molar-refractivity contribution in [3.63, 3.8) is 0 Å². The summed E-state index contributed by atoms with van der Waals surface area (Å²) in [5.74, 6) is 0.884. The summed E-state index contributed by atoms with van der Waals surface area (Å²) in [6.45, 7) is 2.78. The molecule has 0 fully saturated rings. The first-order chi connectivity index (χ1) is 7.95. The van der Waals surface area contributed by atoms with Crippen LogP contribution in [0.5, 0.6) is 0 Å². The summed E-state index contributed by atoms with van der Waals surface area (Å²) in [6.07, 6.45) is 11.1. The lowest BCUT2D eigenvalue weighted by Crippen LogP contribution is -2.14. The van der Waals surface area contributed by atoms with Crippen LogP contribution in [0.1, 0.15) is 18.6 Å². The topological polar surface area (TPSA) is 55.9 Å². The molecule has 0 saturated heterocycles. The molecule has 0 saturated carbocycles. The highest BCUT2D eigenvalue weighted by atomic mass is 16.3. The van der Waals surface area contributed by atoms with E-state index in [1.165, 1.54) is 6.39 Å². The normalized spacial score (nSPS) is 10.8. The third-order valence-electron chi connectivity index (χ3n) is 2.36. The highest BCUT2D eigenvalue weighted by Crippen LogP contribution is 1.97. The molecule has 2 aromatic heterocycles. The first-order valence-electron chi connectivity index (χ1n) is 5.49. The predicted octanol–water partition coefficient (Wildman–Crippen LogP) is 1.44. The largest absolute Gasteiger partial charge is 0.447 e. The third-order valence-corrected chi connectivity index (χ3v) is 2.36. The smallest absolute Gasteiger partial charge is 0.180 e. The van der Waals surface area contributed by atoms with Gasteiger partial charge in [-0.1, -0.05) is 0 Å². The maximum atomic E-state index is 5.11. The molecule has 0 unspecified atom stereocenters. The minimum Gasteiger partial charge on any atom is -0.447 e. The van der Waals surface area contributed by atoms with Crippen molar-refractivity contribution >= 4 is 0 Å². The van der Waals surface area contributed by atoms with Crippen LogP contribution in [0.4, 0.5) is 0 Å². The predicted molar refractivity (Wildman–Crippen MR) is 59.7 cm³/mol. The van der Waals surface area contributed by atoms with E-state index in [0.717, 1.165) is 38.2 Å². The monoisotopic (exact) mass is 220 g/mol. The van der Waals surface area contributed by atoms with Crippen LogP contribution in [0.2, 0.25) is 0 Å². The summed E-state index contributed by atoms with van der Waals surface area (Å²) in [7, 11) is 0. The number of unbranched alkanes of at least 4 members (excludes halogenated alkanes) is 1. The Balaban J connectivity index is 1.49. The molecule has 0 radical (unpaired) electrons. The Hall–Kier alpha value is -1.62. The van der Waals surface area contributed by atoms with Crippen LogP contribution in [0, 0.1) is 0 Å². The number of hydrogen-bond acceptors (Lipinski definition) is 4. The van der Waals surface area contributed by atoms with Crippen LogP contribution in [0.3, 0.4) is 0 Å². The molecule has 0 amide bonds. The Kier molecular flexibility index (Phi) is 4.13. The Morgan fingerprint density at radius 3 is 3.06 bits per heavy atom. The maximum Gasteiger partial charge on any atom is 0.180 e. The van der Waals surface area contributed by atoms with Crippen molar-refractivity contribution < 1.29 is 4.42 Å². The Morgan fingerprint density at radius 1 is 1.31 bits per heavy atom. The first kappa shape index (κ1) is 10.9. The number of aromatic nitrogens is 3. The molecule has 2 rings (SSSR count). The molecule has 0 aromatic carbocycles. The zero-order chi connectivity index (χ0) is 11.1. The summed E-state index contributed by atoms with van der Waals surface area (Å²) in [5.41, 5.74) is 0. The van der Waals surface area contributed by atoms with Crippen molar-refractivity contribution in [1.82, 2.24) is 19.9 Å². The van der Waals surface area contributed by atoms with Crippen molar-refractivity contribution in [3.8, 4) is 0 Å². The number of imidazole rings is 1. The number of hydrogen-bond donors (Lipinski definition) is 1. The van der Waals surface area contributed by atoms with Gasteiger partial charge in [0.15, 0.2) is 6.39 Å². The van der Waals surface area contributed by atoms with Crippen LogP contribution in [-0.4, -0.2) is 21.1 Å². The van der Waals surface area contributed by atoms with E-state index in [-0.39, 0.29) is 0 Å². The fourth-order valence-electron chi connectivity index (χ4n) is 1.50. The second-order valence-corrected chi connectivity index (χ2v) is 3.65. The number of oxazole rings is 1. The van der Waals surface area contributed by atoms with Gasteiger partial charge in [-0.25, -0.2) is 9.97 Å².